The smallest absolute Gasteiger partial charge is 0.142 e. The molecular formula is C15H15N3. The Kier molecular flexibility index (Phi) is 3.93. The van der Waals surface area contributed by atoms with E-state index in [0.29, 0.717) is 5.69 Å². The van der Waals surface area contributed by atoms with Crippen LogP contribution in [0.2, 0.25) is 0 Å². The first kappa shape index (κ1) is 12.1. The minimum Gasteiger partial charge on any atom is -0.370 e. The number of aromatic nitrogens is 1. The van der Waals surface area contributed by atoms with E-state index in [1.165, 1.54) is 11.1 Å². The standard InChI is InChI=1S/C15H15N3/c1-12-5-7-13(8-6-12)9-10-17-15-4-2-3-14(11-16)18-15/h2-8H,9-10H2,1H3,(H,17,18). The van der Waals surface area contributed by atoms with Crippen LogP contribution in [0.1, 0.15) is 16.8 Å². The lowest BCUT2D eigenvalue weighted by Crippen LogP contribution is -2.06. The Hall–Kier alpha value is -2.34. The number of hydrogen-bond donors (Lipinski definition) is 1. The zero-order valence-electron chi connectivity index (χ0n) is 10.4. The highest BCUT2D eigenvalue weighted by Crippen LogP contribution is 2.06. The summed E-state index contributed by atoms with van der Waals surface area (Å²) in [5.74, 6) is 0.751. The summed E-state index contributed by atoms with van der Waals surface area (Å²) >= 11 is 0. The molecule has 18 heavy (non-hydrogen) atoms. The van der Waals surface area contributed by atoms with Crippen LogP contribution in [0.3, 0.4) is 0 Å². The predicted molar refractivity (Wildman–Crippen MR) is 72.3 cm³/mol. The summed E-state index contributed by atoms with van der Waals surface area (Å²) in [5, 5.41) is 12.0. The van der Waals surface area contributed by atoms with Gasteiger partial charge in [-0.05, 0) is 31.0 Å². The van der Waals surface area contributed by atoms with Gasteiger partial charge in [-0.2, -0.15) is 5.26 Å². The van der Waals surface area contributed by atoms with Crippen molar-refractivity contribution in [2.24, 2.45) is 0 Å². The average Bonchev–Trinajstić information content (AvgIpc) is 2.41. The van der Waals surface area contributed by atoms with Gasteiger partial charge in [0.25, 0.3) is 0 Å². The molecule has 3 heteroatoms. The summed E-state index contributed by atoms with van der Waals surface area (Å²) in [4.78, 5) is 4.16. The molecule has 0 saturated carbocycles. The number of pyridine rings is 1. The second kappa shape index (κ2) is 5.83. The molecule has 0 spiro atoms. The van der Waals surface area contributed by atoms with E-state index in [4.69, 9.17) is 5.26 Å². The van der Waals surface area contributed by atoms with E-state index in [1.807, 2.05) is 18.2 Å². The third-order valence-corrected chi connectivity index (χ3v) is 2.70. The Morgan fingerprint density at radius 3 is 2.67 bits per heavy atom. The van der Waals surface area contributed by atoms with Gasteiger partial charge in [0.15, 0.2) is 0 Å². The molecule has 0 fully saturated rings. The molecule has 2 rings (SSSR count). The fourth-order valence-electron chi connectivity index (χ4n) is 1.69. The average molecular weight is 237 g/mol. The van der Waals surface area contributed by atoms with Gasteiger partial charge in [0, 0.05) is 6.54 Å². The third kappa shape index (κ3) is 3.33. The quantitative estimate of drug-likeness (QED) is 0.889. The molecule has 0 aliphatic heterocycles. The minimum atomic E-state index is 0.440. The van der Waals surface area contributed by atoms with Crippen LogP contribution in [0.5, 0.6) is 0 Å². The van der Waals surface area contributed by atoms with Gasteiger partial charge < -0.3 is 5.32 Å². The van der Waals surface area contributed by atoms with Crippen LogP contribution >= 0.6 is 0 Å². The first-order chi connectivity index (χ1) is 8.78. The zero-order valence-corrected chi connectivity index (χ0v) is 10.4. The van der Waals surface area contributed by atoms with Crippen molar-refractivity contribution in [3.05, 3.63) is 59.3 Å². The topological polar surface area (TPSA) is 48.7 Å². The van der Waals surface area contributed by atoms with E-state index < -0.39 is 0 Å². The number of nitriles is 1. The van der Waals surface area contributed by atoms with E-state index in [2.05, 4.69) is 41.5 Å². The molecule has 1 aromatic carbocycles. The summed E-state index contributed by atoms with van der Waals surface area (Å²) in [6.45, 7) is 2.89. The SMILES string of the molecule is Cc1ccc(CCNc2cccc(C#N)n2)cc1. The van der Waals surface area contributed by atoms with Crippen molar-refractivity contribution in [2.45, 2.75) is 13.3 Å². The largest absolute Gasteiger partial charge is 0.370 e. The molecule has 1 aromatic heterocycles. The number of nitrogens with zero attached hydrogens (tertiary/aromatic N) is 2. The summed E-state index contributed by atoms with van der Waals surface area (Å²) in [5.41, 5.74) is 3.01. The highest BCUT2D eigenvalue weighted by Gasteiger charge is 1.97. The molecule has 90 valence electrons. The normalized spacial score (nSPS) is 9.78. The summed E-state index contributed by atoms with van der Waals surface area (Å²) in [6.07, 6.45) is 0.943. The Bertz CT molecular complexity index is 553. The molecular weight excluding hydrogens is 222 g/mol. The lowest BCUT2D eigenvalue weighted by molar-refractivity contribution is 1.00. The van der Waals surface area contributed by atoms with E-state index >= 15 is 0 Å². The number of benzene rings is 1. The monoisotopic (exact) mass is 237 g/mol. The van der Waals surface area contributed by atoms with E-state index in [9.17, 15) is 0 Å². The van der Waals surface area contributed by atoms with Crippen molar-refractivity contribution in [3.63, 3.8) is 0 Å². The van der Waals surface area contributed by atoms with Crippen LogP contribution < -0.4 is 5.32 Å². The van der Waals surface area contributed by atoms with E-state index in [1.54, 1.807) is 6.07 Å². The van der Waals surface area contributed by atoms with Crippen molar-refractivity contribution in [2.75, 3.05) is 11.9 Å². The molecule has 0 aliphatic rings. The summed E-state index contributed by atoms with van der Waals surface area (Å²) in [6, 6.07) is 15.9. The Balaban J connectivity index is 1.88. The van der Waals surface area contributed by atoms with Gasteiger partial charge in [0.1, 0.15) is 17.6 Å². The summed E-state index contributed by atoms with van der Waals surface area (Å²) in [7, 11) is 0. The molecule has 0 saturated heterocycles. The molecule has 0 aliphatic carbocycles. The molecule has 0 atom stereocenters. The number of rotatable bonds is 4. The van der Waals surface area contributed by atoms with Gasteiger partial charge in [-0.1, -0.05) is 35.9 Å². The second-order valence-electron chi connectivity index (χ2n) is 4.18. The van der Waals surface area contributed by atoms with Crippen LogP contribution in [0.15, 0.2) is 42.5 Å². The van der Waals surface area contributed by atoms with Gasteiger partial charge in [-0.15, -0.1) is 0 Å². The van der Waals surface area contributed by atoms with E-state index in [0.717, 1.165) is 18.8 Å². The molecule has 0 radical (unpaired) electrons. The third-order valence-electron chi connectivity index (χ3n) is 2.70. The van der Waals surface area contributed by atoms with Crippen LogP contribution in [0.4, 0.5) is 5.82 Å². The van der Waals surface area contributed by atoms with E-state index in [-0.39, 0.29) is 0 Å². The number of nitrogens with one attached hydrogen (secondary N) is 1. The Morgan fingerprint density at radius 1 is 1.17 bits per heavy atom. The second-order valence-corrected chi connectivity index (χ2v) is 4.18. The van der Waals surface area contributed by atoms with Crippen molar-refractivity contribution in [3.8, 4) is 6.07 Å². The Morgan fingerprint density at radius 2 is 1.94 bits per heavy atom. The lowest BCUT2D eigenvalue weighted by Gasteiger charge is -2.06. The molecule has 0 bridgehead atoms. The van der Waals surface area contributed by atoms with Crippen LogP contribution in [-0.4, -0.2) is 11.5 Å². The van der Waals surface area contributed by atoms with Crippen molar-refractivity contribution < 1.29 is 0 Å². The Labute approximate surface area is 107 Å². The fourth-order valence-corrected chi connectivity index (χ4v) is 1.69. The van der Waals surface area contributed by atoms with Gasteiger partial charge in [0.2, 0.25) is 0 Å². The predicted octanol–water partition coefficient (Wildman–Crippen LogP) is 2.92. The van der Waals surface area contributed by atoms with Gasteiger partial charge in [-0.3, -0.25) is 0 Å². The van der Waals surface area contributed by atoms with Crippen LogP contribution in [0, 0.1) is 18.3 Å². The van der Waals surface area contributed by atoms with Gasteiger partial charge >= 0.3 is 0 Å². The lowest BCUT2D eigenvalue weighted by atomic mass is 10.1. The molecule has 2 aromatic rings. The van der Waals surface area contributed by atoms with Crippen molar-refractivity contribution >= 4 is 5.82 Å². The molecule has 0 amide bonds. The molecule has 0 unspecified atom stereocenters. The van der Waals surface area contributed by atoms with Crippen LogP contribution in [0.25, 0.3) is 0 Å². The van der Waals surface area contributed by atoms with Gasteiger partial charge in [-0.25, -0.2) is 4.98 Å². The summed E-state index contributed by atoms with van der Waals surface area (Å²) < 4.78 is 0. The first-order valence-electron chi connectivity index (χ1n) is 5.94. The maximum absolute atomic E-state index is 8.75. The fraction of sp³-hybridized carbons (Fsp3) is 0.200. The van der Waals surface area contributed by atoms with Crippen LogP contribution in [-0.2, 0) is 6.42 Å². The highest BCUT2D eigenvalue weighted by atomic mass is 15.0. The number of hydrogen-bond acceptors (Lipinski definition) is 3. The molecule has 1 heterocycles. The highest BCUT2D eigenvalue weighted by molar-refractivity contribution is 5.38. The zero-order chi connectivity index (χ0) is 12.8. The number of anilines is 1. The van der Waals surface area contributed by atoms with Crippen molar-refractivity contribution in [1.29, 1.82) is 5.26 Å². The maximum atomic E-state index is 8.75. The van der Waals surface area contributed by atoms with Crippen molar-refractivity contribution in [1.82, 2.24) is 4.98 Å². The number of aryl methyl sites for hydroxylation is 1. The van der Waals surface area contributed by atoms with Gasteiger partial charge in [0.05, 0.1) is 0 Å². The first-order valence-corrected chi connectivity index (χ1v) is 5.94. The minimum absolute atomic E-state index is 0.440. The maximum Gasteiger partial charge on any atom is 0.142 e. The molecule has 3 nitrogen and oxygen atoms in total. The molecule has 1 N–H and O–H groups in total.